The average Bonchev–Trinajstić information content (AvgIpc) is 2.55. The second-order valence-electron chi connectivity index (χ2n) is 8.31. The third-order valence-corrected chi connectivity index (χ3v) is 5.51. The number of aliphatic hydroxyl groups excluding tert-OH is 1. The molecule has 0 saturated carbocycles. The van der Waals surface area contributed by atoms with Crippen LogP contribution in [0, 0.1) is 5.92 Å². The number of aliphatic hydroxyl groups is 1. The lowest BCUT2D eigenvalue weighted by atomic mass is 9.91. The Kier molecular flexibility index (Phi) is 5.60. The minimum Gasteiger partial charge on any atom is -0.394 e. The van der Waals surface area contributed by atoms with Gasteiger partial charge >= 0.3 is 0 Å². The van der Waals surface area contributed by atoms with E-state index < -0.39 is 0 Å². The molecule has 2 saturated heterocycles. The molecule has 1 N–H and O–H groups in total. The Morgan fingerprint density at radius 3 is 2.50 bits per heavy atom. The van der Waals surface area contributed by atoms with E-state index in [0.29, 0.717) is 12.0 Å². The van der Waals surface area contributed by atoms with Crippen molar-refractivity contribution < 1.29 is 5.11 Å². The van der Waals surface area contributed by atoms with E-state index in [1.54, 1.807) is 0 Å². The van der Waals surface area contributed by atoms with E-state index in [1.807, 2.05) is 0 Å². The van der Waals surface area contributed by atoms with Crippen LogP contribution in [0.4, 0.5) is 0 Å². The average molecular weight is 332 g/mol. The lowest BCUT2D eigenvalue weighted by Gasteiger charge is -2.56. The Labute approximate surface area is 147 Å². The predicted octanol–water partition coefficient (Wildman–Crippen LogP) is 1.90. The fourth-order valence-electron chi connectivity index (χ4n) is 4.51. The molecule has 4 heteroatoms. The zero-order valence-corrected chi connectivity index (χ0v) is 15.5. The van der Waals surface area contributed by atoms with Crippen molar-refractivity contribution in [3.63, 3.8) is 0 Å². The van der Waals surface area contributed by atoms with Crippen LogP contribution in [0.15, 0.2) is 30.3 Å². The summed E-state index contributed by atoms with van der Waals surface area (Å²) in [5.41, 5.74) is 1.24. The molecule has 0 bridgehead atoms. The van der Waals surface area contributed by atoms with E-state index in [4.69, 9.17) is 0 Å². The molecule has 0 spiro atoms. The van der Waals surface area contributed by atoms with Crippen molar-refractivity contribution in [1.82, 2.24) is 14.7 Å². The maximum absolute atomic E-state index is 10.1. The van der Waals surface area contributed by atoms with Crippen molar-refractivity contribution in [3.05, 3.63) is 35.9 Å². The summed E-state index contributed by atoms with van der Waals surface area (Å²) in [4.78, 5) is 7.71. The van der Waals surface area contributed by atoms with Crippen LogP contribution in [0.1, 0.15) is 26.3 Å². The van der Waals surface area contributed by atoms with Crippen LogP contribution in [-0.2, 0) is 6.54 Å². The maximum Gasteiger partial charge on any atom is 0.0625 e. The van der Waals surface area contributed by atoms with E-state index in [1.165, 1.54) is 12.1 Å². The number of hydrogen-bond acceptors (Lipinski definition) is 4. The largest absolute Gasteiger partial charge is 0.394 e. The SMILES string of the molecule is CC(C)CN1CCN2C(C1)CN(Cc1ccccc1)CC2(C)CO. The Balaban J connectivity index is 1.71. The van der Waals surface area contributed by atoms with Crippen molar-refractivity contribution in [2.24, 2.45) is 5.92 Å². The van der Waals surface area contributed by atoms with Gasteiger partial charge in [-0.15, -0.1) is 0 Å². The van der Waals surface area contributed by atoms with Gasteiger partial charge in [0.05, 0.1) is 12.1 Å². The summed E-state index contributed by atoms with van der Waals surface area (Å²) < 4.78 is 0. The predicted molar refractivity (Wildman–Crippen MR) is 99.0 cm³/mol. The van der Waals surface area contributed by atoms with Gasteiger partial charge < -0.3 is 10.0 Å². The van der Waals surface area contributed by atoms with Gasteiger partial charge in [-0.3, -0.25) is 9.80 Å². The molecule has 0 aromatic heterocycles. The molecule has 3 rings (SSSR count). The summed E-state index contributed by atoms with van der Waals surface area (Å²) in [6.07, 6.45) is 0. The van der Waals surface area contributed by atoms with E-state index in [0.717, 1.165) is 39.3 Å². The number of hydrogen-bond donors (Lipinski definition) is 1. The van der Waals surface area contributed by atoms with Gasteiger partial charge in [-0.1, -0.05) is 44.2 Å². The van der Waals surface area contributed by atoms with Crippen molar-refractivity contribution in [3.8, 4) is 0 Å². The molecule has 24 heavy (non-hydrogen) atoms. The summed E-state index contributed by atoms with van der Waals surface area (Å²) in [6.45, 7) is 14.6. The van der Waals surface area contributed by atoms with Gasteiger partial charge in [-0.2, -0.15) is 0 Å². The maximum atomic E-state index is 10.1. The van der Waals surface area contributed by atoms with Crippen LogP contribution < -0.4 is 0 Å². The molecule has 2 aliphatic rings. The van der Waals surface area contributed by atoms with E-state index in [9.17, 15) is 5.11 Å². The molecule has 0 radical (unpaired) electrons. The number of rotatable bonds is 5. The number of fused-ring (bicyclic) bond motifs is 1. The molecule has 4 nitrogen and oxygen atoms in total. The molecule has 134 valence electrons. The second-order valence-corrected chi connectivity index (χ2v) is 8.31. The Morgan fingerprint density at radius 2 is 1.83 bits per heavy atom. The topological polar surface area (TPSA) is 30.0 Å². The molecular weight excluding hydrogens is 298 g/mol. The van der Waals surface area contributed by atoms with E-state index in [2.05, 4.69) is 65.8 Å². The standard InChI is InChI=1S/C20H33N3O/c1-17(2)11-21-9-10-23-19(13-21)14-22(15-20(23,3)16-24)12-18-7-5-4-6-8-18/h4-8,17,19,24H,9-16H2,1-3H3. The van der Waals surface area contributed by atoms with Gasteiger partial charge in [0.1, 0.15) is 0 Å². The molecule has 2 heterocycles. The zero-order chi connectivity index (χ0) is 17.2. The Bertz CT molecular complexity index is 521. The second kappa shape index (κ2) is 7.52. The molecule has 1 aromatic carbocycles. The summed E-state index contributed by atoms with van der Waals surface area (Å²) in [7, 11) is 0. The van der Waals surface area contributed by atoms with E-state index >= 15 is 0 Å². The first-order chi connectivity index (χ1) is 11.5. The van der Waals surface area contributed by atoms with Crippen LogP contribution in [0.5, 0.6) is 0 Å². The zero-order valence-electron chi connectivity index (χ0n) is 15.5. The van der Waals surface area contributed by atoms with Gasteiger partial charge in [0.15, 0.2) is 0 Å². The van der Waals surface area contributed by atoms with Crippen molar-refractivity contribution in [2.45, 2.75) is 38.9 Å². The van der Waals surface area contributed by atoms with Crippen LogP contribution in [0.25, 0.3) is 0 Å². The molecule has 0 aliphatic carbocycles. The summed E-state index contributed by atoms with van der Waals surface area (Å²) >= 11 is 0. The lowest BCUT2D eigenvalue weighted by Crippen LogP contribution is -2.71. The summed E-state index contributed by atoms with van der Waals surface area (Å²) in [5, 5.41) is 10.1. The molecule has 0 amide bonds. The highest BCUT2D eigenvalue weighted by atomic mass is 16.3. The minimum atomic E-state index is -0.123. The molecular formula is C20H33N3O. The fraction of sp³-hybridized carbons (Fsp3) is 0.700. The minimum absolute atomic E-state index is 0.123. The summed E-state index contributed by atoms with van der Waals surface area (Å²) in [5.74, 6) is 0.713. The first-order valence-corrected chi connectivity index (χ1v) is 9.36. The highest BCUT2D eigenvalue weighted by Crippen LogP contribution is 2.29. The summed E-state index contributed by atoms with van der Waals surface area (Å²) in [6, 6.07) is 11.2. The first kappa shape index (κ1) is 17.9. The lowest BCUT2D eigenvalue weighted by molar-refractivity contribution is -0.0950. The molecule has 2 aliphatic heterocycles. The fourth-order valence-corrected chi connectivity index (χ4v) is 4.51. The monoisotopic (exact) mass is 331 g/mol. The van der Waals surface area contributed by atoms with Crippen molar-refractivity contribution in [1.29, 1.82) is 0 Å². The Hall–Kier alpha value is -0.940. The highest BCUT2D eigenvalue weighted by molar-refractivity contribution is 5.15. The van der Waals surface area contributed by atoms with Gasteiger partial charge in [-0.25, -0.2) is 0 Å². The van der Waals surface area contributed by atoms with Gasteiger partial charge in [-0.05, 0) is 18.4 Å². The first-order valence-electron chi connectivity index (χ1n) is 9.36. The normalized spacial score (nSPS) is 29.8. The van der Waals surface area contributed by atoms with Crippen molar-refractivity contribution in [2.75, 3.05) is 45.9 Å². The van der Waals surface area contributed by atoms with E-state index in [-0.39, 0.29) is 12.1 Å². The molecule has 2 fully saturated rings. The third-order valence-electron chi connectivity index (χ3n) is 5.51. The highest BCUT2D eigenvalue weighted by Gasteiger charge is 2.44. The van der Waals surface area contributed by atoms with Crippen LogP contribution in [0.3, 0.4) is 0 Å². The number of benzene rings is 1. The van der Waals surface area contributed by atoms with Crippen LogP contribution >= 0.6 is 0 Å². The van der Waals surface area contributed by atoms with Gasteiger partial charge in [0.25, 0.3) is 0 Å². The quantitative estimate of drug-likeness (QED) is 0.892. The molecule has 1 aromatic rings. The third kappa shape index (κ3) is 3.99. The smallest absolute Gasteiger partial charge is 0.0625 e. The molecule has 2 atom stereocenters. The van der Waals surface area contributed by atoms with Crippen molar-refractivity contribution >= 4 is 0 Å². The Morgan fingerprint density at radius 1 is 1.12 bits per heavy atom. The van der Waals surface area contributed by atoms with Gasteiger partial charge in [0, 0.05) is 51.9 Å². The number of nitrogens with zero attached hydrogens (tertiary/aromatic N) is 3. The number of piperazine rings is 2. The van der Waals surface area contributed by atoms with Crippen LogP contribution in [0.2, 0.25) is 0 Å². The molecule has 2 unspecified atom stereocenters. The van der Waals surface area contributed by atoms with Gasteiger partial charge in [0.2, 0.25) is 0 Å². The van der Waals surface area contributed by atoms with Crippen LogP contribution in [-0.4, -0.2) is 77.3 Å².